The number of rotatable bonds is 3. The van der Waals surface area contributed by atoms with Crippen LogP contribution in [0.25, 0.3) is 0 Å². The van der Waals surface area contributed by atoms with Gasteiger partial charge >= 0.3 is 0 Å². The largest absolute Gasteiger partial charge is 0.345 e. The van der Waals surface area contributed by atoms with Crippen LogP contribution in [0.4, 0.5) is 0 Å². The quantitative estimate of drug-likeness (QED) is 0.862. The normalized spacial score (nSPS) is 20.6. The number of carbonyl (C=O) groups excluding carboxylic acids is 2. The smallest absolute Gasteiger partial charge is 0.243 e. The van der Waals surface area contributed by atoms with Gasteiger partial charge in [-0.25, -0.2) is 4.98 Å². The number of nitrogens with zero attached hydrogens (tertiary/aromatic N) is 2. The van der Waals surface area contributed by atoms with Gasteiger partial charge in [-0.1, -0.05) is 6.92 Å². The highest BCUT2D eigenvalue weighted by molar-refractivity contribution is 7.09. The molecule has 5 nitrogen and oxygen atoms in total. The predicted octanol–water partition coefficient (Wildman–Crippen LogP) is 0.689. The van der Waals surface area contributed by atoms with Gasteiger partial charge in [-0.05, 0) is 13.3 Å². The van der Waals surface area contributed by atoms with E-state index in [1.165, 1.54) is 0 Å². The Labute approximate surface area is 104 Å². The molecule has 2 amide bonds. The van der Waals surface area contributed by atoms with Crippen LogP contribution >= 0.6 is 11.3 Å². The van der Waals surface area contributed by atoms with E-state index in [4.69, 9.17) is 0 Å². The van der Waals surface area contributed by atoms with Gasteiger partial charge in [0.25, 0.3) is 0 Å². The average Bonchev–Trinajstić information content (AvgIpc) is 2.70. The second-order valence-corrected chi connectivity index (χ2v) is 5.08. The fourth-order valence-corrected chi connectivity index (χ4v) is 2.56. The summed E-state index contributed by atoms with van der Waals surface area (Å²) in [4.78, 5) is 29.4. The van der Waals surface area contributed by atoms with Crippen molar-refractivity contribution < 1.29 is 9.59 Å². The Kier molecular flexibility index (Phi) is 3.42. The van der Waals surface area contributed by atoms with Gasteiger partial charge in [0, 0.05) is 5.38 Å². The van der Waals surface area contributed by atoms with Crippen molar-refractivity contribution in [2.45, 2.75) is 32.9 Å². The number of carbonyl (C=O) groups is 2. The first kappa shape index (κ1) is 12.0. The maximum absolute atomic E-state index is 11.8. The van der Waals surface area contributed by atoms with Crippen LogP contribution in [0.1, 0.15) is 24.0 Å². The molecule has 1 N–H and O–H groups in total. The minimum absolute atomic E-state index is 0.0397. The number of hydrogen-bond donors (Lipinski definition) is 1. The molecule has 2 rings (SSSR count). The van der Waals surface area contributed by atoms with Crippen LogP contribution in [-0.4, -0.2) is 34.3 Å². The topological polar surface area (TPSA) is 62.3 Å². The summed E-state index contributed by atoms with van der Waals surface area (Å²) in [6, 6.07) is -0.363. The zero-order valence-corrected chi connectivity index (χ0v) is 10.7. The van der Waals surface area contributed by atoms with E-state index >= 15 is 0 Å². The molecule has 1 saturated heterocycles. The van der Waals surface area contributed by atoms with Gasteiger partial charge in [0.05, 0.1) is 23.8 Å². The summed E-state index contributed by atoms with van der Waals surface area (Å²) in [5.41, 5.74) is 0.856. The molecule has 17 heavy (non-hydrogen) atoms. The zero-order valence-electron chi connectivity index (χ0n) is 9.90. The number of thiazole rings is 1. The summed E-state index contributed by atoms with van der Waals surface area (Å²) in [7, 11) is 0. The molecule has 1 aliphatic rings. The standard InChI is InChI=1S/C11H15N3O2S/c1-3-9-11(16)12-4-10(15)14(9)5-8-6-17-7(2)13-8/h6,9H,3-5H2,1-2H3,(H,12,16). The highest BCUT2D eigenvalue weighted by atomic mass is 32.1. The Balaban J connectivity index is 2.15. The molecular weight excluding hydrogens is 238 g/mol. The second kappa shape index (κ2) is 4.83. The van der Waals surface area contributed by atoms with Crippen LogP contribution in [0.3, 0.4) is 0 Å². The van der Waals surface area contributed by atoms with E-state index < -0.39 is 0 Å². The van der Waals surface area contributed by atoms with Crippen molar-refractivity contribution in [3.63, 3.8) is 0 Å². The van der Waals surface area contributed by atoms with Gasteiger partial charge < -0.3 is 10.2 Å². The molecule has 0 spiro atoms. The van der Waals surface area contributed by atoms with Crippen molar-refractivity contribution in [1.29, 1.82) is 0 Å². The number of piperazine rings is 1. The molecule has 1 aliphatic heterocycles. The fraction of sp³-hybridized carbons (Fsp3) is 0.545. The molecule has 6 heteroatoms. The lowest BCUT2D eigenvalue weighted by Crippen LogP contribution is -2.57. The summed E-state index contributed by atoms with van der Waals surface area (Å²) in [5, 5.41) is 5.51. The van der Waals surface area contributed by atoms with Crippen LogP contribution < -0.4 is 5.32 Å². The van der Waals surface area contributed by atoms with Crippen LogP contribution in [0, 0.1) is 6.92 Å². The lowest BCUT2D eigenvalue weighted by Gasteiger charge is -2.33. The van der Waals surface area contributed by atoms with Crippen LogP contribution in [0.15, 0.2) is 5.38 Å². The van der Waals surface area contributed by atoms with Crippen molar-refractivity contribution in [2.24, 2.45) is 0 Å². The Bertz CT molecular complexity index is 444. The van der Waals surface area contributed by atoms with E-state index in [1.54, 1.807) is 16.2 Å². The number of nitrogens with one attached hydrogen (secondary N) is 1. The minimum Gasteiger partial charge on any atom is -0.345 e. The molecule has 0 aliphatic carbocycles. The second-order valence-electron chi connectivity index (χ2n) is 4.02. The van der Waals surface area contributed by atoms with Gasteiger partial charge in [-0.15, -0.1) is 11.3 Å². The first-order valence-electron chi connectivity index (χ1n) is 5.60. The predicted molar refractivity (Wildman–Crippen MR) is 64.5 cm³/mol. The molecule has 2 heterocycles. The van der Waals surface area contributed by atoms with Crippen molar-refractivity contribution in [3.05, 3.63) is 16.1 Å². The monoisotopic (exact) mass is 253 g/mol. The molecule has 0 radical (unpaired) electrons. The van der Waals surface area contributed by atoms with Gasteiger partial charge in [-0.3, -0.25) is 9.59 Å². The molecule has 1 fully saturated rings. The SMILES string of the molecule is CCC1C(=O)NCC(=O)N1Cc1csc(C)n1. The van der Waals surface area contributed by atoms with Crippen molar-refractivity contribution in [1.82, 2.24) is 15.2 Å². The van der Waals surface area contributed by atoms with Gasteiger partial charge in [0.2, 0.25) is 11.8 Å². The third kappa shape index (κ3) is 2.46. The Morgan fingerprint density at radius 2 is 2.35 bits per heavy atom. The minimum atomic E-state index is -0.363. The van der Waals surface area contributed by atoms with Crippen molar-refractivity contribution in [2.75, 3.05) is 6.54 Å². The van der Waals surface area contributed by atoms with Gasteiger partial charge in [-0.2, -0.15) is 0 Å². The fourth-order valence-electron chi connectivity index (χ4n) is 1.96. The van der Waals surface area contributed by atoms with E-state index in [0.717, 1.165) is 10.7 Å². The molecule has 1 atom stereocenters. The van der Waals surface area contributed by atoms with Gasteiger partial charge in [0.15, 0.2) is 0 Å². The van der Waals surface area contributed by atoms with E-state index in [2.05, 4.69) is 10.3 Å². The molecule has 92 valence electrons. The Hall–Kier alpha value is -1.43. The molecular formula is C11H15N3O2S. The molecule has 0 bridgehead atoms. The number of aryl methyl sites for hydroxylation is 1. The molecule has 1 aromatic rings. The highest BCUT2D eigenvalue weighted by Gasteiger charge is 2.33. The first-order chi connectivity index (χ1) is 8.11. The summed E-state index contributed by atoms with van der Waals surface area (Å²) in [5.74, 6) is -0.110. The lowest BCUT2D eigenvalue weighted by atomic mass is 10.1. The molecule has 1 unspecified atom stereocenters. The maximum atomic E-state index is 11.8. The van der Waals surface area contributed by atoms with Crippen molar-refractivity contribution in [3.8, 4) is 0 Å². The maximum Gasteiger partial charge on any atom is 0.243 e. The van der Waals surface area contributed by atoms with E-state index in [1.807, 2.05) is 19.2 Å². The van der Waals surface area contributed by atoms with E-state index in [-0.39, 0.29) is 24.4 Å². The number of amides is 2. The highest BCUT2D eigenvalue weighted by Crippen LogP contribution is 2.16. The third-order valence-electron chi connectivity index (χ3n) is 2.80. The summed E-state index contributed by atoms with van der Waals surface area (Å²) in [6.45, 7) is 4.35. The Morgan fingerprint density at radius 3 is 2.94 bits per heavy atom. The summed E-state index contributed by atoms with van der Waals surface area (Å²) in [6.07, 6.45) is 0.626. The molecule has 1 aromatic heterocycles. The van der Waals surface area contributed by atoms with Gasteiger partial charge in [0.1, 0.15) is 6.04 Å². The van der Waals surface area contributed by atoms with Crippen LogP contribution in [-0.2, 0) is 16.1 Å². The number of aromatic nitrogens is 1. The lowest BCUT2D eigenvalue weighted by molar-refractivity contribution is -0.146. The third-order valence-corrected chi connectivity index (χ3v) is 3.62. The summed E-state index contributed by atoms with van der Waals surface area (Å²) < 4.78 is 0. The molecule has 0 aromatic carbocycles. The average molecular weight is 253 g/mol. The molecule has 0 saturated carbocycles. The van der Waals surface area contributed by atoms with E-state index in [9.17, 15) is 9.59 Å². The van der Waals surface area contributed by atoms with Crippen LogP contribution in [0.5, 0.6) is 0 Å². The zero-order chi connectivity index (χ0) is 12.4. The van der Waals surface area contributed by atoms with Crippen molar-refractivity contribution >= 4 is 23.2 Å². The first-order valence-corrected chi connectivity index (χ1v) is 6.48. The Morgan fingerprint density at radius 1 is 1.59 bits per heavy atom. The number of hydrogen-bond acceptors (Lipinski definition) is 4. The summed E-state index contributed by atoms with van der Waals surface area (Å²) >= 11 is 1.55. The van der Waals surface area contributed by atoms with E-state index in [0.29, 0.717) is 13.0 Å². The van der Waals surface area contributed by atoms with Crippen LogP contribution in [0.2, 0.25) is 0 Å².